The monoisotopic (exact) mass is 148 g/mol. The molecule has 0 aliphatic carbocycles. The Kier molecular flexibility index (Phi) is 14.4. The Labute approximate surface area is 53.7 Å². The van der Waals surface area contributed by atoms with Crippen LogP contribution in [-0.4, -0.2) is 23.4 Å². The first-order valence-electron chi connectivity index (χ1n) is 1.95. The Morgan fingerprint density at radius 1 is 1.29 bits per heavy atom. The topological polar surface area (TPSA) is 40.5 Å². The zero-order chi connectivity index (χ0) is 4.83. The molecule has 0 heterocycles. The Morgan fingerprint density at radius 2 is 1.86 bits per heavy atom. The minimum atomic E-state index is 0. The number of rotatable bonds is 3. The van der Waals surface area contributed by atoms with Crippen molar-refractivity contribution in [3.05, 3.63) is 6.42 Å². The Balaban J connectivity index is 0. The predicted octanol–water partition coefficient (Wildman–Crippen LogP) is -0.437. The van der Waals surface area contributed by atoms with Gasteiger partial charge in [-0.15, -0.1) is 0 Å². The third kappa shape index (κ3) is 10.7. The van der Waals surface area contributed by atoms with Gasteiger partial charge in [0.1, 0.15) is 0 Å². The third-order valence-electron chi connectivity index (χ3n) is 0.462. The van der Waals surface area contributed by atoms with Crippen LogP contribution >= 0.6 is 0 Å². The van der Waals surface area contributed by atoms with Crippen LogP contribution in [0.3, 0.4) is 0 Å². The van der Waals surface area contributed by atoms with Crippen molar-refractivity contribution in [3.8, 4) is 0 Å². The smallest absolute Gasteiger partial charge is 0.428 e. The zero-order valence-corrected chi connectivity index (χ0v) is 4.97. The summed E-state index contributed by atoms with van der Waals surface area (Å²) >= 11 is 0. The maximum atomic E-state index is 8.06. The predicted molar refractivity (Wildman–Crippen MR) is 23.1 cm³/mol. The molecule has 2 nitrogen and oxygen atoms in total. The minimum absolute atomic E-state index is 0. The van der Waals surface area contributed by atoms with Crippen molar-refractivity contribution in [1.82, 2.24) is 0 Å². The molecular formula is C4H9CoO2+. The van der Waals surface area contributed by atoms with E-state index in [9.17, 15) is 0 Å². The second kappa shape index (κ2) is 9.66. The summed E-state index contributed by atoms with van der Waals surface area (Å²) in [7, 11) is 0. The fourth-order valence-electron chi connectivity index (χ4n) is 0.183. The first-order chi connectivity index (χ1) is 2.91. The molecule has 2 N–H and O–H groups in total. The summed E-state index contributed by atoms with van der Waals surface area (Å²) in [5.74, 6) is 0. The molecule has 0 saturated carbocycles. The summed E-state index contributed by atoms with van der Waals surface area (Å²) in [6.07, 6.45) is 2.20. The molecule has 0 spiro atoms. The number of aliphatic hydroxyl groups is 2. The van der Waals surface area contributed by atoms with E-state index >= 15 is 0 Å². The van der Waals surface area contributed by atoms with Crippen molar-refractivity contribution in [2.75, 3.05) is 13.2 Å². The molecule has 0 atom stereocenters. The van der Waals surface area contributed by atoms with Crippen LogP contribution in [0.4, 0.5) is 0 Å². The molecular weight excluding hydrogens is 139 g/mol. The van der Waals surface area contributed by atoms with Crippen molar-refractivity contribution in [3.63, 3.8) is 0 Å². The summed E-state index contributed by atoms with van der Waals surface area (Å²) in [6.45, 7) is 0.209. The van der Waals surface area contributed by atoms with Crippen LogP contribution in [0.15, 0.2) is 0 Å². The quantitative estimate of drug-likeness (QED) is 0.421. The summed E-state index contributed by atoms with van der Waals surface area (Å²) in [4.78, 5) is 0. The van der Waals surface area contributed by atoms with Crippen LogP contribution in [0, 0.1) is 6.42 Å². The van der Waals surface area contributed by atoms with Crippen LogP contribution < -0.4 is 0 Å². The van der Waals surface area contributed by atoms with E-state index < -0.39 is 0 Å². The van der Waals surface area contributed by atoms with Crippen molar-refractivity contribution in [2.45, 2.75) is 6.42 Å². The largest absolute Gasteiger partial charge is 2.00 e. The molecule has 0 amide bonds. The van der Waals surface area contributed by atoms with E-state index in [1.807, 2.05) is 0 Å². The van der Waals surface area contributed by atoms with Gasteiger partial charge in [-0.2, -0.15) is 6.42 Å². The maximum absolute atomic E-state index is 8.06. The molecule has 7 heavy (non-hydrogen) atoms. The summed E-state index contributed by atoms with van der Waals surface area (Å²) in [5, 5.41) is 16.1. The second-order valence-corrected chi connectivity index (χ2v) is 0.984. The molecule has 0 rings (SSSR count). The van der Waals surface area contributed by atoms with Crippen LogP contribution in [0.2, 0.25) is 0 Å². The average molecular weight is 148 g/mol. The number of hydrogen-bond donors (Lipinski definition) is 2. The molecule has 3 heteroatoms. The van der Waals surface area contributed by atoms with E-state index in [1.54, 1.807) is 6.42 Å². The standard InChI is InChI=1S/C4H9O2.Co/c5-3-1-2-4-6;/h1,5-6H,2-4H2;/q-1;+2. The molecule has 0 aliphatic rings. The van der Waals surface area contributed by atoms with Gasteiger partial charge in [0, 0.05) is 6.61 Å². The van der Waals surface area contributed by atoms with E-state index in [0.717, 1.165) is 0 Å². The summed E-state index contributed by atoms with van der Waals surface area (Å²) < 4.78 is 0. The fraction of sp³-hybridized carbons (Fsp3) is 0.750. The van der Waals surface area contributed by atoms with E-state index in [2.05, 4.69) is 0 Å². The van der Waals surface area contributed by atoms with Gasteiger partial charge >= 0.3 is 16.8 Å². The van der Waals surface area contributed by atoms with Gasteiger partial charge in [-0.05, 0) is 0 Å². The molecule has 0 aromatic heterocycles. The molecule has 0 bridgehead atoms. The van der Waals surface area contributed by atoms with E-state index in [4.69, 9.17) is 10.2 Å². The SMILES string of the molecule is OC[CH-]CCO.[Co+2]. The Hall–Kier alpha value is 0.426. The summed E-state index contributed by atoms with van der Waals surface area (Å²) in [6, 6.07) is 0. The molecule has 0 fully saturated rings. The van der Waals surface area contributed by atoms with Crippen LogP contribution in [0.25, 0.3) is 0 Å². The van der Waals surface area contributed by atoms with E-state index in [1.165, 1.54) is 0 Å². The van der Waals surface area contributed by atoms with Gasteiger partial charge in [0.25, 0.3) is 0 Å². The Morgan fingerprint density at radius 3 is 2.00 bits per heavy atom. The minimum Gasteiger partial charge on any atom is -0.428 e. The average Bonchev–Trinajstić information content (AvgIpc) is 1.61. The third-order valence-corrected chi connectivity index (χ3v) is 0.462. The van der Waals surface area contributed by atoms with Crippen molar-refractivity contribution < 1.29 is 27.0 Å². The molecule has 1 radical (unpaired) electrons. The molecule has 0 saturated heterocycles. The first kappa shape index (κ1) is 10.4. The van der Waals surface area contributed by atoms with Gasteiger partial charge in [0.15, 0.2) is 0 Å². The molecule has 45 valence electrons. The fourth-order valence-corrected chi connectivity index (χ4v) is 0.183. The van der Waals surface area contributed by atoms with Gasteiger partial charge in [-0.1, -0.05) is 6.61 Å². The first-order valence-corrected chi connectivity index (χ1v) is 1.95. The van der Waals surface area contributed by atoms with E-state index in [0.29, 0.717) is 6.42 Å². The number of aliphatic hydroxyl groups excluding tert-OH is 2. The molecule has 0 aromatic carbocycles. The second-order valence-electron chi connectivity index (χ2n) is 0.984. The van der Waals surface area contributed by atoms with Crippen molar-refractivity contribution in [2.24, 2.45) is 0 Å². The van der Waals surface area contributed by atoms with Gasteiger partial charge < -0.3 is 16.6 Å². The normalized spacial score (nSPS) is 7.71. The van der Waals surface area contributed by atoms with E-state index in [-0.39, 0.29) is 30.0 Å². The molecule has 0 unspecified atom stereocenters. The van der Waals surface area contributed by atoms with Gasteiger partial charge in [0.2, 0.25) is 0 Å². The van der Waals surface area contributed by atoms with Gasteiger partial charge in [-0.3, -0.25) is 0 Å². The number of hydrogen-bond acceptors (Lipinski definition) is 2. The number of unbranched alkanes of at least 4 members (excludes halogenated alkanes) is 1. The van der Waals surface area contributed by atoms with Gasteiger partial charge in [0.05, 0.1) is 0 Å². The van der Waals surface area contributed by atoms with Crippen LogP contribution in [0.5, 0.6) is 0 Å². The maximum Gasteiger partial charge on any atom is 2.00 e. The molecule has 0 aliphatic heterocycles. The van der Waals surface area contributed by atoms with Crippen molar-refractivity contribution >= 4 is 0 Å². The van der Waals surface area contributed by atoms with Gasteiger partial charge in [-0.25, -0.2) is 0 Å². The molecule has 0 aromatic rings. The van der Waals surface area contributed by atoms with Crippen LogP contribution in [-0.2, 0) is 16.8 Å². The van der Waals surface area contributed by atoms with Crippen molar-refractivity contribution in [1.29, 1.82) is 0 Å². The summed E-state index contributed by atoms with van der Waals surface area (Å²) in [5.41, 5.74) is 0. The van der Waals surface area contributed by atoms with Crippen LogP contribution in [0.1, 0.15) is 6.42 Å². The Bertz CT molecular complexity index is 21.7. The zero-order valence-electron chi connectivity index (χ0n) is 3.93.